The molecule has 2 amide bonds. The zero-order valence-corrected chi connectivity index (χ0v) is 19.5. The van der Waals surface area contributed by atoms with E-state index in [1.165, 1.54) is 4.90 Å². The van der Waals surface area contributed by atoms with E-state index in [2.05, 4.69) is 5.32 Å². The molecule has 0 radical (unpaired) electrons. The summed E-state index contributed by atoms with van der Waals surface area (Å²) in [6.45, 7) is 0.475. The van der Waals surface area contributed by atoms with Gasteiger partial charge in [0.15, 0.2) is 0 Å². The number of carbonyl (C=O) groups is 3. The molecule has 0 aliphatic heterocycles. The van der Waals surface area contributed by atoms with E-state index in [1.54, 1.807) is 7.05 Å². The summed E-state index contributed by atoms with van der Waals surface area (Å²) >= 11 is 0. The molecule has 1 unspecified atom stereocenters. The first-order valence-corrected chi connectivity index (χ1v) is 11.6. The number of benzene rings is 3. The molecule has 0 heterocycles. The number of alkyl carbamates (subject to hydrolysis) is 1. The van der Waals surface area contributed by atoms with E-state index in [0.717, 1.165) is 27.8 Å². The lowest BCUT2D eigenvalue weighted by molar-refractivity contribution is -0.142. The lowest BCUT2D eigenvalue weighted by atomic mass is 9.98. The molecular formula is C28H28N2O5. The van der Waals surface area contributed by atoms with Gasteiger partial charge in [0.05, 0.1) is 6.42 Å². The molecule has 35 heavy (non-hydrogen) atoms. The minimum absolute atomic E-state index is 0.0810. The summed E-state index contributed by atoms with van der Waals surface area (Å²) in [4.78, 5) is 38.4. The number of ether oxygens (including phenoxy) is 1. The van der Waals surface area contributed by atoms with Crippen LogP contribution >= 0.6 is 0 Å². The van der Waals surface area contributed by atoms with Crippen molar-refractivity contribution >= 4 is 18.0 Å². The minimum Gasteiger partial charge on any atom is -0.481 e. The van der Waals surface area contributed by atoms with Gasteiger partial charge in [-0.2, -0.15) is 0 Å². The molecule has 1 aliphatic rings. The molecule has 0 bridgehead atoms. The van der Waals surface area contributed by atoms with Crippen LogP contribution in [0.2, 0.25) is 0 Å². The summed E-state index contributed by atoms with van der Waals surface area (Å²) < 4.78 is 5.50. The SMILES string of the molecule is CN(CCc1ccccc1)C(=O)C(CC(=O)O)NC(=O)OCC1c2ccccc2-c2ccccc21. The van der Waals surface area contributed by atoms with Gasteiger partial charge in [0, 0.05) is 19.5 Å². The van der Waals surface area contributed by atoms with E-state index in [1.807, 2.05) is 78.9 Å². The maximum atomic E-state index is 12.9. The van der Waals surface area contributed by atoms with Gasteiger partial charge in [0.2, 0.25) is 5.91 Å². The standard InChI is InChI=1S/C28H28N2O5/c1-30(16-15-19-9-3-2-4-10-19)27(33)25(17-26(31)32)29-28(34)35-18-24-22-13-7-5-11-20(22)21-12-6-8-14-23(21)24/h2-14,24-25H,15-18H2,1H3,(H,29,34)(H,31,32). The summed E-state index contributed by atoms with van der Waals surface area (Å²) in [5.74, 6) is -1.79. The van der Waals surface area contributed by atoms with Gasteiger partial charge in [0.25, 0.3) is 0 Å². The Balaban J connectivity index is 1.38. The Morgan fingerprint density at radius 2 is 1.49 bits per heavy atom. The van der Waals surface area contributed by atoms with Crippen LogP contribution in [-0.2, 0) is 20.7 Å². The molecule has 0 aromatic heterocycles. The molecule has 7 heteroatoms. The normalized spacial score (nSPS) is 12.8. The van der Waals surface area contributed by atoms with Crippen LogP contribution in [0.15, 0.2) is 78.9 Å². The highest BCUT2D eigenvalue weighted by atomic mass is 16.5. The number of aliphatic carboxylic acids is 1. The summed E-state index contributed by atoms with van der Waals surface area (Å²) in [5.41, 5.74) is 5.42. The second-order valence-corrected chi connectivity index (χ2v) is 8.62. The highest BCUT2D eigenvalue weighted by Crippen LogP contribution is 2.44. The lowest BCUT2D eigenvalue weighted by Gasteiger charge is -2.24. The topological polar surface area (TPSA) is 95.9 Å². The van der Waals surface area contributed by atoms with Crippen molar-refractivity contribution in [1.29, 1.82) is 0 Å². The summed E-state index contributed by atoms with van der Waals surface area (Å²) in [6, 6.07) is 24.4. The number of carbonyl (C=O) groups excluding carboxylic acids is 2. The number of hydrogen-bond acceptors (Lipinski definition) is 4. The van der Waals surface area contributed by atoms with E-state index in [4.69, 9.17) is 4.74 Å². The molecular weight excluding hydrogens is 444 g/mol. The molecule has 2 N–H and O–H groups in total. The molecule has 4 rings (SSSR count). The van der Waals surface area contributed by atoms with E-state index >= 15 is 0 Å². The number of carboxylic acids is 1. The maximum absolute atomic E-state index is 12.9. The predicted octanol–water partition coefficient (Wildman–Crippen LogP) is 4.07. The molecule has 0 spiro atoms. The van der Waals surface area contributed by atoms with Crippen molar-refractivity contribution < 1.29 is 24.2 Å². The van der Waals surface area contributed by atoms with Crippen LogP contribution in [0.25, 0.3) is 11.1 Å². The van der Waals surface area contributed by atoms with Gasteiger partial charge in [-0.1, -0.05) is 78.9 Å². The number of amides is 2. The Hall–Kier alpha value is -4.13. The Kier molecular flexibility index (Phi) is 7.45. The van der Waals surface area contributed by atoms with Crippen molar-refractivity contribution in [2.24, 2.45) is 0 Å². The van der Waals surface area contributed by atoms with Crippen molar-refractivity contribution in [2.45, 2.75) is 24.8 Å². The van der Waals surface area contributed by atoms with Crippen LogP contribution in [0.3, 0.4) is 0 Å². The Bertz CT molecular complexity index is 1170. The number of likely N-dealkylation sites (N-methyl/N-ethyl adjacent to an activating group) is 1. The molecule has 0 saturated heterocycles. The lowest BCUT2D eigenvalue weighted by Crippen LogP contribution is -2.49. The van der Waals surface area contributed by atoms with E-state index in [-0.39, 0.29) is 12.5 Å². The number of carboxylic acid groups (broad SMARTS) is 1. The summed E-state index contributed by atoms with van der Waals surface area (Å²) in [7, 11) is 1.60. The molecule has 3 aromatic carbocycles. The van der Waals surface area contributed by atoms with E-state index < -0.39 is 30.4 Å². The Morgan fingerprint density at radius 1 is 0.914 bits per heavy atom. The van der Waals surface area contributed by atoms with Crippen molar-refractivity contribution in [3.05, 3.63) is 95.6 Å². The minimum atomic E-state index is -1.22. The molecule has 0 saturated carbocycles. The largest absolute Gasteiger partial charge is 0.481 e. The molecule has 3 aromatic rings. The van der Waals surface area contributed by atoms with Crippen molar-refractivity contribution in [3.63, 3.8) is 0 Å². The zero-order valence-electron chi connectivity index (χ0n) is 19.5. The highest BCUT2D eigenvalue weighted by Gasteiger charge is 2.31. The van der Waals surface area contributed by atoms with Gasteiger partial charge in [0.1, 0.15) is 12.6 Å². The smallest absolute Gasteiger partial charge is 0.407 e. The van der Waals surface area contributed by atoms with Crippen LogP contribution < -0.4 is 5.32 Å². The first-order chi connectivity index (χ1) is 16.9. The van der Waals surface area contributed by atoms with Crippen LogP contribution in [0.1, 0.15) is 29.0 Å². The van der Waals surface area contributed by atoms with Crippen LogP contribution in [0, 0.1) is 0 Å². The Morgan fingerprint density at radius 3 is 2.09 bits per heavy atom. The van der Waals surface area contributed by atoms with Crippen molar-refractivity contribution in [1.82, 2.24) is 10.2 Å². The van der Waals surface area contributed by atoms with Crippen molar-refractivity contribution in [2.75, 3.05) is 20.2 Å². The predicted molar refractivity (Wildman–Crippen MR) is 132 cm³/mol. The maximum Gasteiger partial charge on any atom is 0.407 e. The molecule has 7 nitrogen and oxygen atoms in total. The van der Waals surface area contributed by atoms with Gasteiger partial charge < -0.3 is 20.1 Å². The fourth-order valence-electron chi connectivity index (χ4n) is 4.47. The first kappa shape index (κ1) is 24.0. The van der Waals surface area contributed by atoms with Gasteiger partial charge in [-0.15, -0.1) is 0 Å². The summed E-state index contributed by atoms with van der Waals surface area (Å²) in [5, 5.41) is 11.8. The number of nitrogens with one attached hydrogen (secondary N) is 1. The average molecular weight is 473 g/mol. The zero-order chi connectivity index (χ0) is 24.8. The van der Waals surface area contributed by atoms with Crippen LogP contribution in [0.4, 0.5) is 4.79 Å². The molecule has 180 valence electrons. The third-order valence-electron chi connectivity index (χ3n) is 6.27. The molecule has 1 aliphatic carbocycles. The van der Waals surface area contributed by atoms with Crippen LogP contribution in [0.5, 0.6) is 0 Å². The molecule has 1 atom stereocenters. The Labute approximate surface area is 204 Å². The second-order valence-electron chi connectivity index (χ2n) is 8.62. The van der Waals surface area contributed by atoms with Crippen LogP contribution in [-0.4, -0.2) is 54.2 Å². The van der Waals surface area contributed by atoms with Gasteiger partial charge in [-0.3, -0.25) is 9.59 Å². The number of hydrogen-bond donors (Lipinski definition) is 2. The van der Waals surface area contributed by atoms with E-state index in [0.29, 0.717) is 13.0 Å². The third-order valence-corrected chi connectivity index (χ3v) is 6.27. The number of nitrogens with zero attached hydrogens (tertiary/aromatic N) is 1. The van der Waals surface area contributed by atoms with E-state index in [9.17, 15) is 19.5 Å². The number of fused-ring (bicyclic) bond motifs is 3. The third kappa shape index (κ3) is 5.69. The monoisotopic (exact) mass is 472 g/mol. The fraction of sp³-hybridized carbons (Fsp3) is 0.250. The quantitative estimate of drug-likeness (QED) is 0.490. The van der Waals surface area contributed by atoms with Gasteiger partial charge >= 0.3 is 12.1 Å². The van der Waals surface area contributed by atoms with Gasteiger partial charge in [-0.25, -0.2) is 4.79 Å². The summed E-state index contributed by atoms with van der Waals surface area (Å²) in [6.07, 6.45) is -0.727. The first-order valence-electron chi connectivity index (χ1n) is 11.6. The average Bonchev–Trinajstić information content (AvgIpc) is 3.19. The van der Waals surface area contributed by atoms with Crippen molar-refractivity contribution in [3.8, 4) is 11.1 Å². The number of rotatable bonds is 9. The fourth-order valence-corrected chi connectivity index (χ4v) is 4.47. The van der Waals surface area contributed by atoms with Gasteiger partial charge in [-0.05, 0) is 34.2 Å². The highest BCUT2D eigenvalue weighted by molar-refractivity contribution is 5.89. The second kappa shape index (κ2) is 10.9. The molecule has 0 fully saturated rings.